The summed E-state index contributed by atoms with van der Waals surface area (Å²) in [7, 11) is 0. The quantitative estimate of drug-likeness (QED) is 0.793. The fourth-order valence-corrected chi connectivity index (χ4v) is 1.39. The number of pyridine rings is 1. The van der Waals surface area contributed by atoms with Crippen molar-refractivity contribution in [3.8, 4) is 0 Å². The largest absolute Gasteiger partial charge is 0.478 e. The van der Waals surface area contributed by atoms with Gasteiger partial charge in [0.15, 0.2) is 0 Å². The monoisotopic (exact) mass is 234 g/mol. The molecular weight excluding hydrogens is 224 g/mol. The molecule has 0 amide bonds. The number of aromatic nitrogens is 4. The zero-order valence-corrected chi connectivity index (χ0v) is 8.85. The third kappa shape index (κ3) is 2.57. The average molecular weight is 234 g/mol. The summed E-state index contributed by atoms with van der Waals surface area (Å²) in [6.07, 6.45) is 4.53. The number of hydrogen-bond acceptors (Lipinski definition) is 4. The van der Waals surface area contributed by atoms with E-state index in [1.165, 1.54) is 29.1 Å². The Hall–Kier alpha value is -2.44. The zero-order chi connectivity index (χ0) is 12.3. The van der Waals surface area contributed by atoms with Gasteiger partial charge in [-0.25, -0.2) is 4.79 Å². The molecule has 1 N–H and O–H groups in total. The molecule has 0 fully saturated rings. The van der Waals surface area contributed by atoms with E-state index in [-0.39, 0.29) is 11.1 Å². The van der Waals surface area contributed by atoms with E-state index in [9.17, 15) is 9.59 Å². The van der Waals surface area contributed by atoms with Crippen molar-refractivity contribution in [2.45, 2.75) is 13.1 Å². The molecule has 0 aliphatic carbocycles. The molecule has 0 saturated heterocycles. The highest BCUT2D eigenvalue weighted by atomic mass is 16.4. The number of nitrogens with zero attached hydrogens (tertiary/aromatic N) is 4. The number of rotatable bonds is 4. The minimum Gasteiger partial charge on any atom is -0.478 e. The Morgan fingerprint density at radius 1 is 1.35 bits per heavy atom. The van der Waals surface area contributed by atoms with Gasteiger partial charge in [-0.1, -0.05) is 5.21 Å². The standard InChI is InChI=1S/C10H10N4O3/c15-9-2-1-8(10(16)17)7-13(9)5-6-14-4-3-11-12-14/h1-4,7H,5-6H2,(H,16,17). The van der Waals surface area contributed by atoms with Crippen molar-refractivity contribution in [2.75, 3.05) is 0 Å². The molecule has 0 saturated carbocycles. The van der Waals surface area contributed by atoms with E-state index in [0.29, 0.717) is 13.1 Å². The topological polar surface area (TPSA) is 90.0 Å². The van der Waals surface area contributed by atoms with Crippen molar-refractivity contribution in [3.63, 3.8) is 0 Å². The van der Waals surface area contributed by atoms with Gasteiger partial charge in [-0.15, -0.1) is 5.10 Å². The van der Waals surface area contributed by atoms with Gasteiger partial charge in [-0.3, -0.25) is 9.48 Å². The van der Waals surface area contributed by atoms with E-state index >= 15 is 0 Å². The molecule has 0 radical (unpaired) electrons. The minimum atomic E-state index is -1.06. The molecule has 2 aromatic heterocycles. The average Bonchev–Trinajstić information content (AvgIpc) is 2.80. The first-order chi connectivity index (χ1) is 8.16. The van der Waals surface area contributed by atoms with Crippen LogP contribution in [-0.4, -0.2) is 30.6 Å². The molecule has 88 valence electrons. The summed E-state index contributed by atoms with van der Waals surface area (Å²) < 4.78 is 2.91. The summed E-state index contributed by atoms with van der Waals surface area (Å²) in [6.45, 7) is 0.812. The van der Waals surface area contributed by atoms with Crippen LogP contribution in [0.25, 0.3) is 0 Å². The van der Waals surface area contributed by atoms with Crippen molar-refractivity contribution in [3.05, 3.63) is 46.6 Å². The first-order valence-corrected chi connectivity index (χ1v) is 4.95. The normalized spacial score (nSPS) is 10.4. The van der Waals surface area contributed by atoms with Crippen molar-refractivity contribution >= 4 is 5.97 Å². The number of aryl methyl sites for hydroxylation is 2. The van der Waals surface area contributed by atoms with Crippen LogP contribution in [-0.2, 0) is 13.1 Å². The Labute approximate surface area is 95.9 Å². The molecule has 0 aliphatic rings. The number of carboxylic acid groups (broad SMARTS) is 1. The van der Waals surface area contributed by atoms with Gasteiger partial charge in [0.1, 0.15) is 0 Å². The zero-order valence-electron chi connectivity index (χ0n) is 8.85. The van der Waals surface area contributed by atoms with E-state index in [1.54, 1.807) is 10.9 Å². The van der Waals surface area contributed by atoms with Gasteiger partial charge in [0.05, 0.1) is 18.3 Å². The van der Waals surface area contributed by atoms with Crippen LogP contribution in [0.4, 0.5) is 0 Å². The highest BCUT2D eigenvalue weighted by Crippen LogP contribution is 1.96. The molecule has 0 atom stereocenters. The molecule has 2 heterocycles. The summed E-state index contributed by atoms with van der Waals surface area (Å²) in [5.74, 6) is -1.06. The predicted octanol–water partition coefficient (Wildman–Crippen LogP) is -0.162. The predicted molar refractivity (Wildman–Crippen MR) is 57.7 cm³/mol. The first-order valence-electron chi connectivity index (χ1n) is 4.95. The number of aromatic carboxylic acids is 1. The van der Waals surface area contributed by atoms with E-state index in [2.05, 4.69) is 10.3 Å². The third-order valence-corrected chi connectivity index (χ3v) is 2.27. The molecule has 0 aliphatic heterocycles. The summed E-state index contributed by atoms with van der Waals surface area (Å²) in [6, 6.07) is 2.53. The van der Waals surface area contributed by atoms with Gasteiger partial charge < -0.3 is 9.67 Å². The Morgan fingerprint density at radius 2 is 2.18 bits per heavy atom. The number of carboxylic acids is 1. The van der Waals surface area contributed by atoms with Crippen LogP contribution in [0.1, 0.15) is 10.4 Å². The molecule has 7 heteroatoms. The summed E-state index contributed by atoms with van der Waals surface area (Å²) in [5, 5.41) is 16.2. The summed E-state index contributed by atoms with van der Waals surface area (Å²) in [5.41, 5.74) is -0.154. The Kier molecular flexibility index (Phi) is 2.99. The van der Waals surface area contributed by atoms with Gasteiger partial charge in [0.2, 0.25) is 0 Å². The fourth-order valence-electron chi connectivity index (χ4n) is 1.39. The summed E-state index contributed by atoms with van der Waals surface area (Å²) >= 11 is 0. The lowest BCUT2D eigenvalue weighted by atomic mass is 10.3. The van der Waals surface area contributed by atoms with Gasteiger partial charge in [0.25, 0.3) is 5.56 Å². The maximum absolute atomic E-state index is 11.5. The smallest absolute Gasteiger partial charge is 0.337 e. The Morgan fingerprint density at radius 3 is 2.82 bits per heavy atom. The van der Waals surface area contributed by atoms with Crippen LogP contribution in [0.5, 0.6) is 0 Å². The van der Waals surface area contributed by atoms with Crippen LogP contribution in [0.3, 0.4) is 0 Å². The molecular formula is C10H10N4O3. The van der Waals surface area contributed by atoms with E-state index < -0.39 is 5.97 Å². The second kappa shape index (κ2) is 4.60. The van der Waals surface area contributed by atoms with Crippen molar-refractivity contribution in [1.29, 1.82) is 0 Å². The Bertz CT molecular complexity index is 573. The van der Waals surface area contributed by atoms with Gasteiger partial charge >= 0.3 is 5.97 Å². The van der Waals surface area contributed by atoms with E-state index in [1.807, 2.05) is 0 Å². The van der Waals surface area contributed by atoms with Crippen LogP contribution in [0.15, 0.2) is 35.5 Å². The number of carbonyl (C=O) groups is 1. The van der Waals surface area contributed by atoms with Crippen LogP contribution in [0.2, 0.25) is 0 Å². The lowest BCUT2D eigenvalue weighted by Gasteiger charge is -2.05. The second-order valence-corrected chi connectivity index (χ2v) is 3.42. The SMILES string of the molecule is O=C(O)c1ccc(=O)n(CCn2ccnn2)c1. The molecule has 7 nitrogen and oxygen atoms in total. The summed E-state index contributed by atoms with van der Waals surface area (Å²) in [4.78, 5) is 22.2. The van der Waals surface area contributed by atoms with Crippen molar-refractivity contribution in [1.82, 2.24) is 19.6 Å². The van der Waals surface area contributed by atoms with E-state index in [0.717, 1.165) is 0 Å². The van der Waals surface area contributed by atoms with E-state index in [4.69, 9.17) is 5.11 Å². The van der Waals surface area contributed by atoms with Crippen molar-refractivity contribution < 1.29 is 9.90 Å². The molecule has 0 aromatic carbocycles. The first kappa shape index (κ1) is 11.1. The second-order valence-electron chi connectivity index (χ2n) is 3.42. The van der Waals surface area contributed by atoms with Crippen LogP contribution in [0, 0.1) is 0 Å². The molecule has 0 bridgehead atoms. The highest BCUT2D eigenvalue weighted by Gasteiger charge is 2.05. The Balaban J connectivity index is 2.17. The molecule has 2 aromatic rings. The van der Waals surface area contributed by atoms with Gasteiger partial charge in [-0.2, -0.15) is 0 Å². The highest BCUT2D eigenvalue weighted by molar-refractivity contribution is 5.87. The van der Waals surface area contributed by atoms with Gasteiger partial charge in [0, 0.05) is 25.0 Å². The molecule has 2 rings (SSSR count). The maximum atomic E-state index is 11.5. The molecule has 0 spiro atoms. The van der Waals surface area contributed by atoms with Gasteiger partial charge in [-0.05, 0) is 6.07 Å². The molecule has 17 heavy (non-hydrogen) atoms. The van der Waals surface area contributed by atoms with Crippen LogP contribution >= 0.6 is 0 Å². The van der Waals surface area contributed by atoms with Crippen molar-refractivity contribution in [2.24, 2.45) is 0 Å². The maximum Gasteiger partial charge on any atom is 0.337 e. The number of hydrogen-bond donors (Lipinski definition) is 1. The lowest BCUT2D eigenvalue weighted by molar-refractivity contribution is 0.0695. The minimum absolute atomic E-state index is 0.0863. The van der Waals surface area contributed by atoms with Crippen LogP contribution < -0.4 is 5.56 Å². The third-order valence-electron chi connectivity index (χ3n) is 2.27. The lowest BCUT2D eigenvalue weighted by Crippen LogP contribution is -2.22. The molecule has 0 unspecified atom stereocenters. The fraction of sp³-hybridized carbons (Fsp3) is 0.200.